The molecule has 2 N–H and O–H groups in total. The van der Waals surface area contributed by atoms with Crippen molar-refractivity contribution in [3.63, 3.8) is 0 Å². The zero-order valence-electron chi connectivity index (χ0n) is 10.0. The number of nitrogens with one attached hydrogen (secondary N) is 1. The summed E-state index contributed by atoms with van der Waals surface area (Å²) in [6.45, 7) is 4.28. The highest BCUT2D eigenvalue weighted by Gasteiger charge is 2.13. The molecule has 0 saturated carbocycles. The smallest absolute Gasteiger partial charge is 0.305 e. The van der Waals surface area contributed by atoms with E-state index in [1.54, 1.807) is 7.05 Å². The molecule has 16 heavy (non-hydrogen) atoms. The van der Waals surface area contributed by atoms with Crippen molar-refractivity contribution >= 4 is 5.97 Å². The third-order valence-electron chi connectivity index (χ3n) is 2.73. The van der Waals surface area contributed by atoms with Gasteiger partial charge in [0, 0.05) is 6.04 Å². The first-order chi connectivity index (χ1) is 7.54. The van der Waals surface area contributed by atoms with Gasteiger partial charge in [-0.3, -0.25) is 4.79 Å². The lowest BCUT2D eigenvalue weighted by Gasteiger charge is -2.15. The highest BCUT2D eigenvalue weighted by atomic mass is 16.4. The summed E-state index contributed by atoms with van der Waals surface area (Å²) in [6.07, 6.45) is 0.109. The Kier molecular flexibility index (Phi) is 4.50. The number of benzene rings is 1. The molecular formula is C13H19NO2. The number of carboxylic acids is 1. The van der Waals surface area contributed by atoms with E-state index in [0.29, 0.717) is 5.92 Å². The summed E-state index contributed by atoms with van der Waals surface area (Å²) in [7, 11) is 1.78. The van der Waals surface area contributed by atoms with Crippen molar-refractivity contribution in [2.75, 3.05) is 7.05 Å². The number of rotatable bonds is 5. The van der Waals surface area contributed by atoms with Gasteiger partial charge >= 0.3 is 5.97 Å². The van der Waals surface area contributed by atoms with Crippen LogP contribution >= 0.6 is 0 Å². The fourth-order valence-electron chi connectivity index (χ4n) is 1.67. The molecule has 0 aliphatic heterocycles. The summed E-state index contributed by atoms with van der Waals surface area (Å²) >= 11 is 0. The molecule has 0 heterocycles. The largest absolute Gasteiger partial charge is 0.481 e. The molecular weight excluding hydrogens is 202 g/mol. The lowest BCUT2D eigenvalue weighted by Crippen LogP contribution is -2.19. The molecule has 0 radical (unpaired) electrons. The van der Waals surface area contributed by atoms with Gasteiger partial charge in [-0.25, -0.2) is 0 Å². The minimum Gasteiger partial charge on any atom is -0.481 e. The fraction of sp³-hybridized carbons (Fsp3) is 0.462. The van der Waals surface area contributed by atoms with Crippen LogP contribution in [0.4, 0.5) is 0 Å². The Hall–Kier alpha value is -1.35. The Bertz CT molecular complexity index is 343. The van der Waals surface area contributed by atoms with Crippen LogP contribution in [0.5, 0.6) is 0 Å². The maximum absolute atomic E-state index is 10.7. The molecule has 0 aromatic heterocycles. The molecule has 0 spiro atoms. The van der Waals surface area contributed by atoms with E-state index in [1.807, 2.05) is 12.1 Å². The standard InChI is InChI=1S/C13H19NO2/c1-9(2)10-4-6-11(7-5-10)12(14-3)8-13(15)16/h4-7,9,12,14H,8H2,1-3H3,(H,15,16). The maximum atomic E-state index is 10.7. The highest BCUT2D eigenvalue weighted by Crippen LogP contribution is 2.20. The van der Waals surface area contributed by atoms with E-state index in [0.717, 1.165) is 5.56 Å². The van der Waals surface area contributed by atoms with E-state index in [9.17, 15) is 4.79 Å². The van der Waals surface area contributed by atoms with Gasteiger partial charge in [0.15, 0.2) is 0 Å². The second-order valence-corrected chi connectivity index (χ2v) is 4.26. The van der Waals surface area contributed by atoms with Gasteiger partial charge in [0.2, 0.25) is 0 Å². The minimum atomic E-state index is -0.785. The Morgan fingerprint density at radius 2 is 1.75 bits per heavy atom. The Labute approximate surface area is 96.5 Å². The normalized spacial score (nSPS) is 12.8. The van der Waals surface area contributed by atoms with Crippen LogP contribution in [0, 0.1) is 0 Å². The van der Waals surface area contributed by atoms with Crippen LogP contribution in [0.3, 0.4) is 0 Å². The van der Waals surface area contributed by atoms with E-state index in [4.69, 9.17) is 5.11 Å². The molecule has 0 bridgehead atoms. The van der Waals surface area contributed by atoms with E-state index in [1.165, 1.54) is 5.56 Å². The van der Waals surface area contributed by atoms with Gasteiger partial charge in [0.1, 0.15) is 0 Å². The minimum absolute atomic E-state index is 0.109. The van der Waals surface area contributed by atoms with Crippen LogP contribution in [-0.2, 0) is 4.79 Å². The van der Waals surface area contributed by atoms with Crippen molar-refractivity contribution in [2.45, 2.75) is 32.2 Å². The quantitative estimate of drug-likeness (QED) is 0.803. The predicted molar refractivity (Wildman–Crippen MR) is 64.6 cm³/mol. The van der Waals surface area contributed by atoms with E-state index in [-0.39, 0.29) is 12.5 Å². The van der Waals surface area contributed by atoms with Crippen LogP contribution < -0.4 is 5.32 Å². The first-order valence-electron chi connectivity index (χ1n) is 5.53. The number of hydrogen-bond donors (Lipinski definition) is 2. The average Bonchev–Trinajstić information content (AvgIpc) is 2.25. The van der Waals surface area contributed by atoms with E-state index >= 15 is 0 Å². The summed E-state index contributed by atoms with van der Waals surface area (Å²) in [5.41, 5.74) is 2.29. The SMILES string of the molecule is CNC(CC(=O)O)c1ccc(C(C)C)cc1. The van der Waals surface area contributed by atoms with Crippen LogP contribution in [-0.4, -0.2) is 18.1 Å². The van der Waals surface area contributed by atoms with Crippen molar-refractivity contribution in [1.29, 1.82) is 0 Å². The van der Waals surface area contributed by atoms with Crippen LogP contribution in [0.25, 0.3) is 0 Å². The molecule has 1 aromatic rings. The molecule has 0 aliphatic rings. The topological polar surface area (TPSA) is 49.3 Å². The lowest BCUT2D eigenvalue weighted by molar-refractivity contribution is -0.137. The van der Waals surface area contributed by atoms with Crippen molar-refractivity contribution in [3.8, 4) is 0 Å². The van der Waals surface area contributed by atoms with Crippen molar-refractivity contribution in [3.05, 3.63) is 35.4 Å². The molecule has 1 unspecified atom stereocenters. The van der Waals surface area contributed by atoms with Crippen LogP contribution in [0.1, 0.15) is 43.4 Å². The van der Waals surface area contributed by atoms with E-state index in [2.05, 4.69) is 31.3 Å². The molecule has 1 atom stereocenters. The third-order valence-corrected chi connectivity index (χ3v) is 2.73. The zero-order valence-corrected chi connectivity index (χ0v) is 10.0. The number of hydrogen-bond acceptors (Lipinski definition) is 2. The molecule has 3 heteroatoms. The van der Waals surface area contributed by atoms with Crippen molar-refractivity contribution in [1.82, 2.24) is 5.32 Å². The monoisotopic (exact) mass is 221 g/mol. The lowest BCUT2D eigenvalue weighted by atomic mass is 9.98. The summed E-state index contributed by atoms with van der Waals surface area (Å²) in [6, 6.07) is 8.01. The molecule has 0 aliphatic carbocycles. The molecule has 0 fully saturated rings. The summed E-state index contributed by atoms with van der Waals surface area (Å²) < 4.78 is 0. The number of carbonyl (C=O) groups is 1. The summed E-state index contributed by atoms with van der Waals surface area (Å²) in [5.74, 6) is -0.283. The van der Waals surface area contributed by atoms with Gasteiger partial charge in [0.25, 0.3) is 0 Å². The predicted octanol–water partition coefficient (Wildman–Crippen LogP) is 2.55. The number of carboxylic acid groups (broad SMARTS) is 1. The second kappa shape index (κ2) is 5.66. The van der Waals surface area contributed by atoms with Crippen LogP contribution in [0.15, 0.2) is 24.3 Å². The highest BCUT2D eigenvalue weighted by molar-refractivity contribution is 5.67. The first kappa shape index (κ1) is 12.7. The second-order valence-electron chi connectivity index (χ2n) is 4.26. The maximum Gasteiger partial charge on any atom is 0.305 e. The molecule has 1 aromatic carbocycles. The van der Waals surface area contributed by atoms with Crippen molar-refractivity contribution in [2.24, 2.45) is 0 Å². The molecule has 0 amide bonds. The molecule has 1 rings (SSSR count). The van der Waals surface area contributed by atoms with Crippen LogP contribution in [0.2, 0.25) is 0 Å². The first-order valence-corrected chi connectivity index (χ1v) is 5.53. The summed E-state index contributed by atoms with van der Waals surface area (Å²) in [4.78, 5) is 10.7. The van der Waals surface area contributed by atoms with Gasteiger partial charge in [-0.15, -0.1) is 0 Å². The zero-order chi connectivity index (χ0) is 12.1. The number of aliphatic carboxylic acids is 1. The fourth-order valence-corrected chi connectivity index (χ4v) is 1.67. The van der Waals surface area contributed by atoms with E-state index < -0.39 is 5.97 Å². The third kappa shape index (κ3) is 3.35. The average molecular weight is 221 g/mol. The Morgan fingerprint density at radius 3 is 2.12 bits per heavy atom. The molecule has 88 valence electrons. The van der Waals surface area contributed by atoms with Gasteiger partial charge < -0.3 is 10.4 Å². The van der Waals surface area contributed by atoms with Gasteiger partial charge in [-0.1, -0.05) is 38.1 Å². The van der Waals surface area contributed by atoms with Gasteiger partial charge in [0.05, 0.1) is 6.42 Å². The van der Waals surface area contributed by atoms with Crippen molar-refractivity contribution < 1.29 is 9.90 Å². The summed E-state index contributed by atoms with van der Waals surface area (Å²) in [5, 5.41) is 11.8. The van der Waals surface area contributed by atoms with Gasteiger partial charge in [-0.2, -0.15) is 0 Å². The molecule has 0 saturated heterocycles. The Balaban J connectivity index is 2.82. The Morgan fingerprint density at radius 1 is 1.25 bits per heavy atom. The molecule has 3 nitrogen and oxygen atoms in total. The van der Waals surface area contributed by atoms with Gasteiger partial charge in [-0.05, 0) is 24.1 Å².